The van der Waals surface area contributed by atoms with E-state index in [4.69, 9.17) is 13.9 Å². The summed E-state index contributed by atoms with van der Waals surface area (Å²) in [6.45, 7) is 14.0. The average molecular weight is 553 g/mol. The van der Waals surface area contributed by atoms with Crippen LogP contribution in [0, 0.1) is 0 Å². The highest BCUT2D eigenvalue weighted by molar-refractivity contribution is 6.48. The van der Waals surface area contributed by atoms with Gasteiger partial charge in [-0.05, 0) is 65.4 Å². The Kier molecular flexibility index (Phi) is 7.75. The molecule has 0 saturated carbocycles. The maximum atomic E-state index is 13.2. The van der Waals surface area contributed by atoms with E-state index in [2.05, 4.69) is 81.6 Å². The van der Waals surface area contributed by atoms with Crippen molar-refractivity contribution in [2.45, 2.75) is 65.8 Å². The molecule has 2 aromatic carbocycles. The molecular formula is C34H38NO4Si. The first-order valence-electron chi connectivity index (χ1n) is 13.9. The fraction of sp³-hybridized carbons (Fsp3) is 0.324. The van der Waals surface area contributed by atoms with Gasteiger partial charge in [0.1, 0.15) is 12.4 Å². The van der Waals surface area contributed by atoms with Crippen molar-refractivity contribution in [3.8, 4) is 16.9 Å². The SMILES string of the molecule is CCc1c(-c2ccc(OCc3ccccc3)cc2)c2c(CO[Si](C)C)c(C(=O)OC)c3ccc(C(C)(C)C)c1n32. The molecule has 0 atom stereocenters. The van der Waals surface area contributed by atoms with E-state index in [9.17, 15) is 4.79 Å². The van der Waals surface area contributed by atoms with E-state index < -0.39 is 9.04 Å². The van der Waals surface area contributed by atoms with Gasteiger partial charge in [0, 0.05) is 11.1 Å². The molecule has 0 bridgehead atoms. The van der Waals surface area contributed by atoms with E-state index in [1.807, 2.05) is 30.3 Å². The third-order valence-electron chi connectivity index (χ3n) is 7.47. The molecule has 0 aliphatic rings. The molecule has 0 fully saturated rings. The quantitative estimate of drug-likeness (QED) is 0.137. The monoisotopic (exact) mass is 552 g/mol. The Bertz CT molecular complexity index is 1630. The van der Waals surface area contributed by atoms with E-state index in [0.29, 0.717) is 18.8 Å². The van der Waals surface area contributed by atoms with Crippen LogP contribution >= 0.6 is 0 Å². The van der Waals surface area contributed by atoms with Crippen LogP contribution in [0.3, 0.4) is 0 Å². The second-order valence-corrected chi connectivity index (χ2v) is 13.6. The number of pyridine rings is 1. The molecular weight excluding hydrogens is 514 g/mol. The lowest BCUT2D eigenvalue weighted by Crippen LogP contribution is -2.13. The van der Waals surface area contributed by atoms with Crippen molar-refractivity contribution in [1.82, 2.24) is 4.40 Å². The van der Waals surface area contributed by atoms with E-state index in [1.165, 1.54) is 23.8 Å². The third-order valence-corrected chi connectivity index (χ3v) is 8.19. The lowest BCUT2D eigenvalue weighted by molar-refractivity contribution is 0.0600. The minimum atomic E-state index is -0.985. The summed E-state index contributed by atoms with van der Waals surface area (Å²) in [6.07, 6.45) is 0.857. The number of aromatic nitrogens is 1. The van der Waals surface area contributed by atoms with Crippen molar-refractivity contribution in [2.75, 3.05) is 7.11 Å². The Morgan fingerprint density at radius 1 is 0.875 bits per heavy atom. The van der Waals surface area contributed by atoms with E-state index in [0.717, 1.165) is 45.5 Å². The standard InChI is InChI=1S/C34H38NO4Si/c1-8-25-29(23-14-16-24(17-15-23)38-20-22-12-10-9-11-13-22)32-26(21-39-40(6)7)30(33(36)37-5)28-19-18-27(34(2,3)4)31(25)35(28)32/h9-19H,8,20-21H2,1-7H3. The predicted octanol–water partition coefficient (Wildman–Crippen LogP) is 8.19. The lowest BCUT2D eigenvalue weighted by atomic mass is 9.84. The molecule has 0 unspecified atom stereocenters. The first-order valence-corrected chi connectivity index (χ1v) is 16.3. The van der Waals surface area contributed by atoms with Gasteiger partial charge in [0.25, 0.3) is 0 Å². The van der Waals surface area contributed by atoms with Gasteiger partial charge in [-0.3, -0.25) is 0 Å². The van der Waals surface area contributed by atoms with Crippen molar-refractivity contribution >= 4 is 31.6 Å². The number of carbonyl (C=O) groups excluding carboxylic acids is 1. The van der Waals surface area contributed by atoms with Crippen LogP contribution in [-0.2, 0) is 34.2 Å². The van der Waals surface area contributed by atoms with Gasteiger partial charge in [-0.2, -0.15) is 0 Å². The van der Waals surface area contributed by atoms with Crippen LogP contribution in [0.25, 0.3) is 27.7 Å². The minimum Gasteiger partial charge on any atom is -0.489 e. The maximum absolute atomic E-state index is 13.2. The molecule has 40 heavy (non-hydrogen) atoms. The Morgan fingerprint density at radius 2 is 1.57 bits per heavy atom. The summed E-state index contributed by atoms with van der Waals surface area (Å²) < 4.78 is 19.9. The van der Waals surface area contributed by atoms with Gasteiger partial charge < -0.3 is 18.3 Å². The van der Waals surface area contributed by atoms with E-state index >= 15 is 0 Å². The van der Waals surface area contributed by atoms with Crippen LogP contribution in [0.4, 0.5) is 0 Å². The van der Waals surface area contributed by atoms with Crippen LogP contribution < -0.4 is 4.74 Å². The Hall–Kier alpha value is -3.61. The number of rotatable bonds is 9. The maximum Gasteiger partial charge on any atom is 0.340 e. The molecule has 3 aromatic heterocycles. The van der Waals surface area contributed by atoms with Gasteiger partial charge in [-0.15, -0.1) is 0 Å². The van der Waals surface area contributed by atoms with Gasteiger partial charge in [-0.1, -0.05) is 76.2 Å². The molecule has 0 saturated heterocycles. The van der Waals surface area contributed by atoms with Gasteiger partial charge in [0.15, 0.2) is 0 Å². The smallest absolute Gasteiger partial charge is 0.340 e. The Balaban J connectivity index is 1.74. The molecule has 0 amide bonds. The van der Waals surface area contributed by atoms with Gasteiger partial charge in [0.2, 0.25) is 9.04 Å². The molecule has 207 valence electrons. The highest BCUT2D eigenvalue weighted by Gasteiger charge is 2.32. The molecule has 5 aromatic rings. The number of hydrogen-bond donors (Lipinski definition) is 0. The number of nitrogens with zero attached hydrogens (tertiary/aromatic N) is 1. The first kappa shape index (κ1) is 27.9. The number of methoxy groups -OCH3 is 1. The van der Waals surface area contributed by atoms with E-state index in [1.54, 1.807) is 0 Å². The minimum absolute atomic E-state index is 0.0822. The average Bonchev–Trinajstić information content (AvgIpc) is 3.45. The first-order chi connectivity index (χ1) is 19.2. The molecule has 0 spiro atoms. The molecule has 0 aliphatic heterocycles. The van der Waals surface area contributed by atoms with Crippen molar-refractivity contribution < 1.29 is 18.7 Å². The fourth-order valence-electron chi connectivity index (χ4n) is 5.62. The van der Waals surface area contributed by atoms with Crippen molar-refractivity contribution in [1.29, 1.82) is 0 Å². The number of esters is 1. The zero-order valence-electron chi connectivity index (χ0n) is 24.6. The fourth-order valence-corrected chi connectivity index (χ4v) is 6.05. The van der Waals surface area contributed by atoms with Crippen molar-refractivity contribution in [3.63, 3.8) is 0 Å². The van der Waals surface area contributed by atoms with Gasteiger partial charge in [0.05, 0.1) is 35.8 Å². The van der Waals surface area contributed by atoms with Crippen molar-refractivity contribution in [3.05, 3.63) is 94.5 Å². The summed E-state index contributed by atoms with van der Waals surface area (Å²) in [6, 6.07) is 22.8. The normalized spacial score (nSPS) is 12.1. The number of ether oxygens (including phenoxy) is 2. The number of aryl methyl sites for hydroxylation is 1. The number of carbonyl (C=O) groups is 1. The number of hydrogen-bond acceptors (Lipinski definition) is 4. The molecule has 5 nitrogen and oxygen atoms in total. The molecule has 3 heterocycles. The second kappa shape index (κ2) is 11.1. The molecule has 5 rings (SSSR count). The third kappa shape index (κ3) is 5.02. The summed E-state index contributed by atoms with van der Waals surface area (Å²) in [5.41, 5.74) is 10.4. The Morgan fingerprint density at radius 3 is 2.17 bits per heavy atom. The van der Waals surface area contributed by atoms with E-state index in [-0.39, 0.29) is 11.4 Å². The van der Waals surface area contributed by atoms with Crippen LogP contribution in [-0.4, -0.2) is 26.5 Å². The molecule has 0 N–H and O–H groups in total. The summed E-state index contributed by atoms with van der Waals surface area (Å²) in [5.74, 6) is 0.488. The summed E-state index contributed by atoms with van der Waals surface area (Å²) in [5, 5.41) is 0. The molecule has 0 aliphatic carbocycles. The van der Waals surface area contributed by atoms with Gasteiger partial charge >= 0.3 is 5.97 Å². The second-order valence-electron chi connectivity index (χ2n) is 11.5. The Labute approximate surface area is 238 Å². The largest absolute Gasteiger partial charge is 0.489 e. The topological polar surface area (TPSA) is 49.2 Å². The van der Waals surface area contributed by atoms with Crippen LogP contribution in [0.15, 0.2) is 66.7 Å². The zero-order valence-corrected chi connectivity index (χ0v) is 25.6. The van der Waals surface area contributed by atoms with Crippen LogP contribution in [0.5, 0.6) is 5.75 Å². The summed E-state index contributed by atoms with van der Waals surface area (Å²) in [7, 11) is 0.463. The van der Waals surface area contributed by atoms with Crippen LogP contribution in [0.2, 0.25) is 13.1 Å². The summed E-state index contributed by atoms with van der Waals surface area (Å²) >= 11 is 0. The summed E-state index contributed by atoms with van der Waals surface area (Å²) in [4.78, 5) is 13.2. The molecule has 6 heteroatoms. The number of benzene rings is 2. The highest BCUT2D eigenvalue weighted by Crippen LogP contribution is 2.45. The van der Waals surface area contributed by atoms with Crippen LogP contribution in [0.1, 0.15) is 60.3 Å². The van der Waals surface area contributed by atoms with Crippen molar-refractivity contribution in [2.24, 2.45) is 0 Å². The predicted molar refractivity (Wildman–Crippen MR) is 164 cm³/mol. The lowest BCUT2D eigenvalue weighted by Gasteiger charge is -2.22. The molecule has 1 radical (unpaired) electrons. The van der Waals surface area contributed by atoms with Gasteiger partial charge in [-0.25, -0.2) is 4.79 Å². The highest BCUT2D eigenvalue weighted by atomic mass is 28.3. The zero-order chi connectivity index (χ0) is 28.6.